The van der Waals surface area contributed by atoms with Gasteiger partial charge in [0.1, 0.15) is 0 Å². The van der Waals surface area contributed by atoms with E-state index in [1.54, 1.807) is 0 Å². The molecule has 0 radical (unpaired) electrons. The van der Waals surface area contributed by atoms with E-state index in [1.165, 1.54) is 39.6 Å². The lowest BCUT2D eigenvalue weighted by Crippen LogP contribution is -2.03. The zero-order valence-corrected chi connectivity index (χ0v) is 11.4. The first kappa shape index (κ1) is 11.7. The second kappa shape index (κ2) is 5.07. The predicted molar refractivity (Wildman–Crippen MR) is 78.9 cm³/mol. The molecular formula is C16H17NS. The summed E-state index contributed by atoms with van der Waals surface area (Å²) in [7, 11) is 0. The molecule has 3 rings (SSSR count). The number of aryl methyl sites for hydroxylation is 1. The summed E-state index contributed by atoms with van der Waals surface area (Å²) < 4.78 is 0. The van der Waals surface area contributed by atoms with Crippen LogP contribution in [-0.2, 0) is 6.42 Å². The molecule has 0 spiro atoms. The van der Waals surface area contributed by atoms with Gasteiger partial charge in [0.25, 0.3) is 0 Å². The van der Waals surface area contributed by atoms with Crippen molar-refractivity contribution < 1.29 is 0 Å². The van der Waals surface area contributed by atoms with E-state index >= 15 is 0 Å². The average Bonchev–Trinajstić information content (AvgIpc) is 2.43. The van der Waals surface area contributed by atoms with Crippen LogP contribution in [0.1, 0.15) is 25.3 Å². The van der Waals surface area contributed by atoms with E-state index in [4.69, 9.17) is 0 Å². The molecule has 1 heterocycles. The van der Waals surface area contributed by atoms with Gasteiger partial charge >= 0.3 is 0 Å². The van der Waals surface area contributed by atoms with Gasteiger partial charge in [0.05, 0.1) is 11.4 Å². The minimum absolute atomic E-state index is 1.16. The average molecular weight is 255 g/mol. The standard InChI is InChI=1S/C16H17NS/c1-2-3-7-12-8-6-11-15-16(12)17-13-9-4-5-10-14(13)18-15/h4-6,8-11,17H,2-3,7H2,1H3. The SMILES string of the molecule is CCCCc1cccc2c1Nc1ccccc1S2. The molecule has 18 heavy (non-hydrogen) atoms. The van der Waals surface area contributed by atoms with Crippen molar-refractivity contribution in [1.29, 1.82) is 0 Å². The maximum Gasteiger partial charge on any atom is 0.0558 e. The van der Waals surface area contributed by atoms with Crippen molar-refractivity contribution in [1.82, 2.24) is 0 Å². The molecule has 1 nitrogen and oxygen atoms in total. The zero-order chi connectivity index (χ0) is 12.4. The first-order valence-electron chi connectivity index (χ1n) is 6.54. The molecular weight excluding hydrogens is 238 g/mol. The van der Waals surface area contributed by atoms with Gasteiger partial charge in [-0.3, -0.25) is 0 Å². The fourth-order valence-corrected chi connectivity index (χ4v) is 3.33. The molecule has 0 bridgehead atoms. The van der Waals surface area contributed by atoms with Crippen molar-refractivity contribution in [2.24, 2.45) is 0 Å². The second-order valence-electron chi connectivity index (χ2n) is 4.62. The largest absolute Gasteiger partial charge is 0.353 e. The Morgan fingerprint density at radius 3 is 2.72 bits per heavy atom. The van der Waals surface area contributed by atoms with Crippen molar-refractivity contribution in [3.8, 4) is 0 Å². The summed E-state index contributed by atoms with van der Waals surface area (Å²) in [5.41, 5.74) is 3.99. The van der Waals surface area contributed by atoms with Gasteiger partial charge in [0.15, 0.2) is 0 Å². The van der Waals surface area contributed by atoms with Crippen molar-refractivity contribution in [2.75, 3.05) is 5.32 Å². The van der Waals surface area contributed by atoms with Crippen LogP contribution in [0.2, 0.25) is 0 Å². The fraction of sp³-hybridized carbons (Fsp3) is 0.250. The van der Waals surface area contributed by atoms with E-state index in [-0.39, 0.29) is 0 Å². The van der Waals surface area contributed by atoms with E-state index < -0.39 is 0 Å². The molecule has 2 heteroatoms. The van der Waals surface area contributed by atoms with Gasteiger partial charge in [-0.05, 0) is 36.6 Å². The van der Waals surface area contributed by atoms with Crippen LogP contribution in [0.4, 0.5) is 11.4 Å². The summed E-state index contributed by atoms with van der Waals surface area (Å²) >= 11 is 1.87. The molecule has 92 valence electrons. The van der Waals surface area contributed by atoms with Crippen LogP contribution >= 0.6 is 11.8 Å². The number of nitrogens with one attached hydrogen (secondary N) is 1. The van der Waals surface area contributed by atoms with E-state index in [9.17, 15) is 0 Å². The Bertz CT molecular complexity index is 563. The summed E-state index contributed by atoms with van der Waals surface area (Å²) in [5, 5.41) is 3.60. The smallest absolute Gasteiger partial charge is 0.0558 e. The Morgan fingerprint density at radius 1 is 1.00 bits per heavy atom. The van der Waals surface area contributed by atoms with Gasteiger partial charge in [0, 0.05) is 9.79 Å². The topological polar surface area (TPSA) is 12.0 Å². The highest BCUT2D eigenvalue weighted by atomic mass is 32.2. The highest BCUT2D eigenvalue weighted by Gasteiger charge is 2.17. The zero-order valence-electron chi connectivity index (χ0n) is 10.6. The first-order chi connectivity index (χ1) is 8.88. The van der Waals surface area contributed by atoms with Gasteiger partial charge in [-0.1, -0.05) is 49.4 Å². The quantitative estimate of drug-likeness (QED) is 0.687. The van der Waals surface area contributed by atoms with Crippen LogP contribution in [0.3, 0.4) is 0 Å². The van der Waals surface area contributed by atoms with Crippen molar-refractivity contribution in [3.05, 3.63) is 48.0 Å². The van der Waals surface area contributed by atoms with Gasteiger partial charge in [0.2, 0.25) is 0 Å². The normalized spacial score (nSPS) is 12.5. The Balaban J connectivity index is 1.97. The Kier molecular flexibility index (Phi) is 3.28. The minimum atomic E-state index is 1.16. The predicted octanol–water partition coefficient (Wildman–Crippen LogP) is 5.24. The summed E-state index contributed by atoms with van der Waals surface area (Å²) in [6.45, 7) is 2.24. The lowest BCUT2D eigenvalue weighted by atomic mass is 10.1. The third-order valence-corrected chi connectivity index (χ3v) is 4.41. The lowest BCUT2D eigenvalue weighted by Gasteiger charge is -2.23. The third-order valence-electron chi connectivity index (χ3n) is 3.28. The number of hydrogen-bond donors (Lipinski definition) is 1. The Morgan fingerprint density at radius 2 is 1.83 bits per heavy atom. The van der Waals surface area contributed by atoms with Crippen molar-refractivity contribution in [2.45, 2.75) is 36.0 Å². The number of hydrogen-bond acceptors (Lipinski definition) is 2. The molecule has 1 aliphatic rings. The number of anilines is 2. The molecule has 0 fully saturated rings. The molecule has 2 aromatic rings. The van der Waals surface area contributed by atoms with Crippen LogP contribution in [0.15, 0.2) is 52.3 Å². The molecule has 2 aromatic carbocycles. The molecule has 0 amide bonds. The lowest BCUT2D eigenvalue weighted by molar-refractivity contribution is 0.794. The van der Waals surface area contributed by atoms with E-state index in [1.807, 2.05) is 11.8 Å². The van der Waals surface area contributed by atoms with Crippen LogP contribution in [0.25, 0.3) is 0 Å². The molecule has 1 N–H and O–H groups in total. The van der Waals surface area contributed by atoms with Gasteiger partial charge in [-0.15, -0.1) is 0 Å². The first-order valence-corrected chi connectivity index (χ1v) is 7.36. The molecule has 0 saturated carbocycles. The Hall–Kier alpha value is -1.41. The van der Waals surface area contributed by atoms with Gasteiger partial charge in [-0.2, -0.15) is 0 Å². The number of fused-ring (bicyclic) bond motifs is 2. The van der Waals surface area contributed by atoms with Gasteiger partial charge in [-0.25, -0.2) is 0 Å². The molecule has 0 aromatic heterocycles. The number of rotatable bonds is 3. The number of unbranched alkanes of at least 4 members (excludes halogenated alkanes) is 1. The summed E-state index contributed by atoms with van der Waals surface area (Å²) in [6.07, 6.45) is 3.66. The number of para-hydroxylation sites is 2. The van der Waals surface area contributed by atoms with Gasteiger partial charge < -0.3 is 5.32 Å². The van der Waals surface area contributed by atoms with Crippen LogP contribution in [0.5, 0.6) is 0 Å². The van der Waals surface area contributed by atoms with Crippen LogP contribution in [-0.4, -0.2) is 0 Å². The van der Waals surface area contributed by atoms with Crippen LogP contribution < -0.4 is 5.32 Å². The Labute approximate surface area is 113 Å². The van der Waals surface area contributed by atoms with E-state index in [2.05, 4.69) is 54.7 Å². The van der Waals surface area contributed by atoms with Crippen molar-refractivity contribution in [3.63, 3.8) is 0 Å². The molecule has 0 aliphatic carbocycles. The van der Waals surface area contributed by atoms with E-state index in [0.29, 0.717) is 0 Å². The van der Waals surface area contributed by atoms with Crippen LogP contribution in [0, 0.1) is 0 Å². The number of benzene rings is 2. The van der Waals surface area contributed by atoms with E-state index in [0.717, 1.165) is 6.42 Å². The minimum Gasteiger partial charge on any atom is -0.353 e. The molecule has 0 unspecified atom stereocenters. The second-order valence-corrected chi connectivity index (χ2v) is 5.70. The summed E-state index contributed by atoms with van der Waals surface area (Å²) in [4.78, 5) is 2.67. The molecule has 1 aliphatic heterocycles. The maximum atomic E-state index is 3.60. The van der Waals surface area contributed by atoms with Crippen molar-refractivity contribution >= 4 is 23.1 Å². The highest BCUT2D eigenvalue weighted by molar-refractivity contribution is 7.99. The fourth-order valence-electron chi connectivity index (χ4n) is 2.29. The monoisotopic (exact) mass is 255 g/mol. The molecule has 0 atom stereocenters. The maximum absolute atomic E-state index is 3.60. The highest BCUT2D eigenvalue weighted by Crippen LogP contribution is 2.45. The third kappa shape index (κ3) is 2.13. The molecule has 0 saturated heterocycles. The summed E-state index contributed by atoms with van der Waals surface area (Å²) in [5.74, 6) is 0. The summed E-state index contributed by atoms with van der Waals surface area (Å²) in [6, 6.07) is 15.1.